The van der Waals surface area contributed by atoms with Gasteiger partial charge >= 0.3 is 0 Å². The van der Waals surface area contributed by atoms with Crippen LogP contribution < -0.4 is 0 Å². The molecule has 2 rings (SSSR count). The standard InChI is InChI=1S/C21H29NO3/c1-5-6-7-8-15-12-18(23)19(21(24)20(15)22-25)17-11-14(4)9-10-16(17)13(2)3/h11-12,16-17,23-24H,2,5-10H2,1,3-4H3/t16-,17+/m0/s1. The molecule has 25 heavy (non-hydrogen) atoms. The van der Waals surface area contributed by atoms with E-state index in [2.05, 4.69) is 24.8 Å². The van der Waals surface area contributed by atoms with Crippen molar-refractivity contribution in [1.82, 2.24) is 0 Å². The van der Waals surface area contributed by atoms with Gasteiger partial charge in [-0.3, -0.25) is 0 Å². The molecule has 0 aliphatic heterocycles. The van der Waals surface area contributed by atoms with E-state index >= 15 is 0 Å². The summed E-state index contributed by atoms with van der Waals surface area (Å²) in [6, 6.07) is 1.61. The van der Waals surface area contributed by atoms with Gasteiger partial charge in [-0.1, -0.05) is 43.6 Å². The molecule has 0 spiro atoms. The number of phenols is 2. The zero-order valence-electron chi connectivity index (χ0n) is 15.5. The SMILES string of the molecule is C=C(C)[C@@H]1CCC(C)=C[C@H]1c1c(O)cc(CCCCC)c(N=O)c1O. The van der Waals surface area contributed by atoms with Gasteiger partial charge in [0, 0.05) is 11.5 Å². The summed E-state index contributed by atoms with van der Waals surface area (Å²) in [7, 11) is 0. The first-order chi connectivity index (χ1) is 11.9. The zero-order valence-corrected chi connectivity index (χ0v) is 15.5. The van der Waals surface area contributed by atoms with Gasteiger partial charge in [0.15, 0.2) is 11.4 Å². The lowest BCUT2D eigenvalue weighted by molar-refractivity contribution is 0.407. The van der Waals surface area contributed by atoms with E-state index in [1.807, 2.05) is 13.8 Å². The molecule has 0 heterocycles. The molecule has 0 amide bonds. The average Bonchev–Trinajstić information content (AvgIpc) is 2.55. The van der Waals surface area contributed by atoms with Crippen molar-refractivity contribution >= 4 is 5.69 Å². The van der Waals surface area contributed by atoms with E-state index in [1.165, 1.54) is 5.57 Å². The second kappa shape index (κ2) is 8.32. The van der Waals surface area contributed by atoms with Crippen LogP contribution in [-0.4, -0.2) is 10.2 Å². The van der Waals surface area contributed by atoms with Crippen LogP contribution in [0.5, 0.6) is 11.5 Å². The van der Waals surface area contributed by atoms with Gasteiger partial charge in [0.1, 0.15) is 5.75 Å². The van der Waals surface area contributed by atoms with Gasteiger partial charge in [0.2, 0.25) is 0 Å². The fourth-order valence-electron chi connectivity index (χ4n) is 3.80. The number of phenolic OH excluding ortho intramolecular Hbond substituents is 2. The van der Waals surface area contributed by atoms with Crippen LogP contribution in [0.15, 0.2) is 35.0 Å². The molecule has 0 radical (unpaired) electrons. The maximum absolute atomic E-state index is 11.4. The molecular formula is C21H29NO3. The average molecular weight is 343 g/mol. The number of hydrogen-bond acceptors (Lipinski definition) is 4. The summed E-state index contributed by atoms with van der Waals surface area (Å²) in [4.78, 5) is 11.4. The Morgan fingerprint density at radius 1 is 1.36 bits per heavy atom. The number of nitroso groups, excluding NO2 is 1. The van der Waals surface area contributed by atoms with E-state index in [4.69, 9.17) is 0 Å². The van der Waals surface area contributed by atoms with Crippen molar-refractivity contribution in [3.05, 3.63) is 45.9 Å². The summed E-state index contributed by atoms with van der Waals surface area (Å²) in [5.74, 6) is -0.190. The molecule has 1 aliphatic carbocycles. The van der Waals surface area contributed by atoms with Gasteiger partial charge in [0.05, 0.1) is 0 Å². The van der Waals surface area contributed by atoms with Crippen LogP contribution in [0.1, 0.15) is 69.9 Å². The molecule has 1 aromatic rings. The van der Waals surface area contributed by atoms with Crippen LogP contribution in [0.2, 0.25) is 0 Å². The monoisotopic (exact) mass is 343 g/mol. The first-order valence-corrected chi connectivity index (χ1v) is 9.14. The first-order valence-electron chi connectivity index (χ1n) is 9.14. The van der Waals surface area contributed by atoms with Crippen molar-refractivity contribution in [2.45, 2.75) is 65.2 Å². The number of aryl methyl sites for hydroxylation is 1. The fourth-order valence-corrected chi connectivity index (χ4v) is 3.80. The second-order valence-electron chi connectivity index (χ2n) is 7.24. The predicted octanol–water partition coefficient (Wildman–Crippen LogP) is 6.24. The predicted molar refractivity (Wildman–Crippen MR) is 102 cm³/mol. The van der Waals surface area contributed by atoms with Gasteiger partial charge < -0.3 is 10.2 Å². The number of nitrogens with zero attached hydrogens (tertiary/aromatic N) is 1. The Bertz CT molecular complexity index is 691. The van der Waals surface area contributed by atoms with E-state index in [-0.39, 0.29) is 29.0 Å². The van der Waals surface area contributed by atoms with Gasteiger partial charge in [0.25, 0.3) is 0 Å². The highest BCUT2D eigenvalue weighted by atomic mass is 16.3. The largest absolute Gasteiger partial charge is 0.507 e. The van der Waals surface area contributed by atoms with E-state index in [0.717, 1.165) is 37.7 Å². The molecule has 0 aromatic heterocycles. The maximum Gasteiger partial charge on any atom is 0.153 e. The van der Waals surface area contributed by atoms with E-state index < -0.39 is 0 Å². The van der Waals surface area contributed by atoms with Crippen molar-refractivity contribution in [3.63, 3.8) is 0 Å². The summed E-state index contributed by atoms with van der Waals surface area (Å²) in [6.45, 7) is 10.2. The van der Waals surface area contributed by atoms with Crippen molar-refractivity contribution in [3.8, 4) is 11.5 Å². The van der Waals surface area contributed by atoms with Crippen molar-refractivity contribution in [2.75, 3.05) is 0 Å². The lowest BCUT2D eigenvalue weighted by atomic mass is 9.73. The van der Waals surface area contributed by atoms with Gasteiger partial charge in [-0.05, 0) is 62.3 Å². The number of unbranched alkanes of at least 4 members (excludes halogenated alkanes) is 2. The summed E-state index contributed by atoms with van der Waals surface area (Å²) < 4.78 is 0. The summed E-state index contributed by atoms with van der Waals surface area (Å²) in [5, 5.41) is 24.4. The number of hydrogen-bond donors (Lipinski definition) is 2. The molecule has 1 aromatic carbocycles. The van der Waals surface area contributed by atoms with Crippen LogP contribution in [0.3, 0.4) is 0 Å². The lowest BCUT2D eigenvalue weighted by Crippen LogP contribution is -2.17. The van der Waals surface area contributed by atoms with Crippen LogP contribution in [0, 0.1) is 10.8 Å². The molecule has 0 saturated heterocycles. The van der Waals surface area contributed by atoms with Gasteiger partial charge in [-0.25, -0.2) is 0 Å². The summed E-state index contributed by atoms with van der Waals surface area (Å²) in [6.07, 6.45) is 7.58. The molecule has 1 aliphatic rings. The Hall–Kier alpha value is -2.10. The molecule has 4 nitrogen and oxygen atoms in total. The van der Waals surface area contributed by atoms with Crippen molar-refractivity contribution in [1.29, 1.82) is 0 Å². The molecule has 2 atom stereocenters. The van der Waals surface area contributed by atoms with Gasteiger partial charge in [-0.2, -0.15) is 0 Å². The van der Waals surface area contributed by atoms with E-state index in [9.17, 15) is 15.1 Å². The minimum atomic E-state index is -0.184. The summed E-state index contributed by atoms with van der Waals surface area (Å²) in [5.41, 5.74) is 3.32. The molecule has 0 bridgehead atoms. The topological polar surface area (TPSA) is 69.9 Å². The minimum absolute atomic E-state index is 0.0404. The third kappa shape index (κ3) is 4.12. The molecule has 0 unspecified atom stereocenters. The second-order valence-corrected chi connectivity index (χ2v) is 7.24. The lowest BCUT2D eigenvalue weighted by Gasteiger charge is -2.31. The minimum Gasteiger partial charge on any atom is -0.507 e. The highest BCUT2D eigenvalue weighted by Gasteiger charge is 2.32. The van der Waals surface area contributed by atoms with Crippen molar-refractivity contribution in [2.24, 2.45) is 11.1 Å². The van der Waals surface area contributed by atoms with Crippen LogP contribution >= 0.6 is 0 Å². The highest BCUT2D eigenvalue weighted by Crippen LogP contribution is 2.50. The Morgan fingerprint density at radius 3 is 2.68 bits per heavy atom. The van der Waals surface area contributed by atoms with Gasteiger partial charge in [-0.15, -0.1) is 4.91 Å². The molecular weight excluding hydrogens is 314 g/mol. The third-order valence-corrected chi connectivity index (χ3v) is 5.23. The molecule has 0 saturated carbocycles. The smallest absolute Gasteiger partial charge is 0.153 e. The fraction of sp³-hybridized carbons (Fsp3) is 0.524. The molecule has 4 heteroatoms. The van der Waals surface area contributed by atoms with Crippen LogP contribution in [0.4, 0.5) is 5.69 Å². The Labute approximate surface area is 150 Å². The quantitative estimate of drug-likeness (QED) is 0.349. The van der Waals surface area contributed by atoms with E-state index in [0.29, 0.717) is 17.5 Å². The Balaban J connectivity index is 2.52. The Kier molecular flexibility index (Phi) is 6.40. The van der Waals surface area contributed by atoms with Crippen LogP contribution in [0.25, 0.3) is 0 Å². The highest BCUT2D eigenvalue weighted by molar-refractivity contribution is 5.67. The number of benzene rings is 1. The normalized spacial score (nSPS) is 20.2. The first kappa shape index (κ1) is 19.2. The molecule has 2 N–H and O–H groups in total. The van der Waals surface area contributed by atoms with E-state index in [1.54, 1.807) is 6.07 Å². The zero-order chi connectivity index (χ0) is 18.6. The number of aromatic hydroxyl groups is 2. The van der Waals surface area contributed by atoms with Crippen LogP contribution in [-0.2, 0) is 6.42 Å². The Morgan fingerprint density at radius 2 is 2.08 bits per heavy atom. The molecule has 0 fully saturated rings. The number of allylic oxidation sites excluding steroid dienone is 3. The molecule has 136 valence electrons. The number of rotatable bonds is 7. The third-order valence-electron chi connectivity index (χ3n) is 5.23. The van der Waals surface area contributed by atoms with Crippen molar-refractivity contribution < 1.29 is 10.2 Å². The summed E-state index contributed by atoms with van der Waals surface area (Å²) >= 11 is 0. The maximum atomic E-state index is 11.4.